The van der Waals surface area contributed by atoms with Gasteiger partial charge in [-0.2, -0.15) is 10.4 Å². The highest BCUT2D eigenvalue weighted by Crippen LogP contribution is 2.29. The SMILES string of the molecule is COc1cccc(C(C)NC(=O)c2ccc(-c3cn[nH]c3C#N)cc2OC)c1. The molecule has 0 fully saturated rings. The van der Waals surface area contributed by atoms with Crippen molar-refractivity contribution in [3.05, 3.63) is 65.5 Å². The minimum absolute atomic E-state index is 0.217. The van der Waals surface area contributed by atoms with Gasteiger partial charge >= 0.3 is 0 Å². The normalized spacial score (nSPS) is 11.4. The Morgan fingerprint density at radius 3 is 2.75 bits per heavy atom. The molecule has 28 heavy (non-hydrogen) atoms. The van der Waals surface area contributed by atoms with Crippen LogP contribution in [-0.2, 0) is 0 Å². The summed E-state index contributed by atoms with van der Waals surface area (Å²) in [6, 6.07) is 14.5. The number of aromatic nitrogens is 2. The lowest BCUT2D eigenvalue weighted by atomic mass is 10.0. The van der Waals surface area contributed by atoms with E-state index in [1.54, 1.807) is 31.5 Å². The number of amides is 1. The van der Waals surface area contributed by atoms with Gasteiger partial charge in [0.25, 0.3) is 5.91 Å². The Labute approximate surface area is 162 Å². The summed E-state index contributed by atoms with van der Waals surface area (Å²) in [7, 11) is 3.11. The van der Waals surface area contributed by atoms with Gasteiger partial charge in [-0.05, 0) is 42.3 Å². The molecular formula is C21H20N4O3. The monoisotopic (exact) mass is 376 g/mol. The Morgan fingerprint density at radius 2 is 2.04 bits per heavy atom. The molecular weight excluding hydrogens is 356 g/mol. The van der Waals surface area contributed by atoms with E-state index in [9.17, 15) is 4.79 Å². The molecule has 3 rings (SSSR count). The molecule has 0 saturated carbocycles. The van der Waals surface area contributed by atoms with Gasteiger partial charge in [-0.15, -0.1) is 0 Å². The van der Waals surface area contributed by atoms with E-state index in [4.69, 9.17) is 14.7 Å². The van der Waals surface area contributed by atoms with Gasteiger partial charge < -0.3 is 14.8 Å². The summed E-state index contributed by atoms with van der Waals surface area (Å²) < 4.78 is 10.6. The number of H-pyrrole nitrogens is 1. The average molecular weight is 376 g/mol. The molecule has 2 N–H and O–H groups in total. The highest BCUT2D eigenvalue weighted by molar-refractivity contribution is 5.98. The Balaban J connectivity index is 1.84. The second-order valence-corrected chi connectivity index (χ2v) is 6.16. The highest BCUT2D eigenvalue weighted by atomic mass is 16.5. The van der Waals surface area contributed by atoms with Crippen LogP contribution in [0.2, 0.25) is 0 Å². The zero-order chi connectivity index (χ0) is 20.1. The summed E-state index contributed by atoms with van der Waals surface area (Å²) in [6.07, 6.45) is 1.57. The van der Waals surface area contributed by atoms with Crippen LogP contribution in [0.1, 0.15) is 34.6 Å². The summed E-state index contributed by atoms with van der Waals surface area (Å²) in [5.41, 5.74) is 3.08. The van der Waals surface area contributed by atoms with Crippen molar-refractivity contribution in [3.8, 4) is 28.7 Å². The van der Waals surface area contributed by atoms with Crippen LogP contribution in [0.25, 0.3) is 11.1 Å². The first kappa shape index (κ1) is 19.0. The van der Waals surface area contributed by atoms with Crippen LogP contribution >= 0.6 is 0 Å². The third kappa shape index (κ3) is 3.81. The van der Waals surface area contributed by atoms with Crippen molar-refractivity contribution in [2.45, 2.75) is 13.0 Å². The Morgan fingerprint density at radius 1 is 1.21 bits per heavy atom. The summed E-state index contributed by atoms with van der Waals surface area (Å²) in [6.45, 7) is 1.90. The molecule has 3 aromatic rings. The fraction of sp³-hybridized carbons (Fsp3) is 0.190. The topological polar surface area (TPSA) is 100 Å². The number of carbonyl (C=O) groups is 1. The van der Waals surface area contributed by atoms with E-state index in [2.05, 4.69) is 21.6 Å². The van der Waals surface area contributed by atoms with E-state index < -0.39 is 0 Å². The van der Waals surface area contributed by atoms with Crippen molar-refractivity contribution >= 4 is 5.91 Å². The predicted octanol–water partition coefficient (Wildman–Crippen LogP) is 3.46. The molecule has 7 nitrogen and oxygen atoms in total. The fourth-order valence-electron chi connectivity index (χ4n) is 2.91. The van der Waals surface area contributed by atoms with Gasteiger partial charge in [-0.1, -0.05) is 18.2 Å². The summed E-state index contributed by atoms with van der Waals surface area (Å²) in [5, 5.41) is 18.7. The van der Waals surface area contributed by atoms with Crippen LogP contribution in [0.3, 0.4) is 0 Å². The van der Waals surface area contributed by atoms with Crippen molar-refractivity contribution in [2.75, 3.05) is 14.2 Å². The van der Waals surface area contributed by atoms with E-state index >= 15 is 0 Å². The zero-order valence-electron chi connectivity index (χ0n) is 15.8. The Hall–Kier alpha value is -3.79. The molecule has 0 aliphatic rings. The van der Waals surface area contributed by atoms with Crippen molar-refractivity contribution in [3.63, 3.8) is 0 Å². The number of nitrogens with one attached hydrogen (secondary N) is 2. The molecule has 0 bridgehead atoms. The van der Waals surface area contributed by atoms with Crippen molar-refractivity contribution in [1.29, 1.82) is 5.26 Å². The van der Waals surface area contributed by atoms with E-state index in [1.807, 2.05) is 31.2 Å². The largest absolute Gasteiger partial charge is 0.497 e. The van der Waals surface area contributed by atoms with E-state index in [0.717, 1.165) is 16.9 Å². The number of aromatic amines is 1. The molecule has 2 aromatic carbocycles. The quantitative estimate of drug-likeness (QED) is 0.686. The Kier molecular flexibility index (Phi) is 5.61. The second-order valence-electron chi connectivity index (χ2n) is 6.16. The number of hydrogen-bond donors (Lipinski definition) is 2. The molecule has 1 atom stereocenters. The zero-order valence-corrected chi connectivity index (χ0v) is 15.8. The average Bonchev–Trinajstić information content (AvgIpc) is 3.22. The number of benzene rings is 2. The maximum atomic E-state index is 12.8. The molecule has 142 valence electrons. The number of hydrogen-bond acceptors (Lipinski definition) is 5. The third-order valence-corrected chi connectivity index (χ3v) is 4.45. The number of nitrogens with zero attached hydrogens (tertiary/aromatic N) is 2. The number of nitriles is 1. The van der Waals surface area contributed by atoms with E-state index in [1.165, 1.54) is 7.11 Å². The van der Waals surface area contributed by atoms with Crippen LogP contribution in [0.4, 0.5) is 0 Å². The van der Waals surface area contributed by atoms with Crippen molar-refractivity contribution in [1.82, 2.24) is 15.5 Å². The molecule has 0 aliphatic heterocycles. The molecule has 0 radical (unpaired) electrons. The Bertz CT molecular complexity index is 1040. The van der Waals surface area contributed by atoms with Gasteiger partial charge in [0.15, 0.2) is 0 Å². The molecule has 1 amide bonds. The second kappa shape index (κ2) is 8.27. The van der Waals surface area contributed by atoms with Gasteiger partial charge in [0.2, 0.25) is 0 Å². The number of methoxy groups -OCH3 is 2. The van der Waals surface area contributed by atoms with Crippen LogP contribution in [0.15, 0.2) is 48.7 Å². The fourth-order valence-corrected chi connectivity index (χ4v) is 2.91. The predicted molar refractivity (Wildman–Crippen MR) is 104 cm³/mol. The highest BCUT2D eigenvalue weighted by Gasteiger charge is 2.18. The summed E-state index contributed by atoms with van der Waals surface area (Å²) in [4.78, 5) is 12.8. The number of carbonyl (C=O) groups excluding carboxylic acids is 1. The number of rotatable bonds is 6. The minimum atomic E-state index is -0.258. The first-order valence-corrected chi connectivity index (χ1v) is 8.64. The van der Waals surface area contributed by atoms with Crippen molar-refractivity contribution < 1.29 is 14.3 Å². The van der Waals surface area contributed by atoms with Gasteiger partial charge in [-0.25, -0.2) is 0 Å². The molecule has 0 aliphatic carbocycles. The van der Waals surface area contributed by atoms with Crippen LogP contribution in [0, 0.1) is 11.3 Å². The van der Waals surface area contributed by atoms with Crippen LogP contribution in [0.5, 0.6) is 11.5 Å². The van der Waals surface area contributed by atoms with E-state index in [-0.39, 0.29) is 11.9 Å². The summed E-state index contributed by atoms with van der Waals surface area (Å²) in [5.74, 6) is 0.887. The van der Waals surface area contributed by atoms with Crippen LogP contribution in [-0.4, -0.2) is 30.3 Å². The third-order valence-electron chi connectivity index (χ3n) is 4.45. The van der Waals surface area contributed by atoms with Crippen molar-refractivity contribution in [2.24, 2.45) is 0 Å². The van der Waals surface area contributed by atoms with Gasteiger partial charge in [0, 0.05) is 5.56 Å². The molecule has 1 unspecified atom stereocenters. The molecule has 7 heteroatoms. The van der Waals surface area contributed by atoms with Crippen LogP contribution < -0.4 is 14.8 Å². The first-order valence-electron chi connectivity index (χ1n) is 8.64. The van der Waals surface area contributed by atoms with E-state index in [0.29, 0.717) is 22.6 Å². The molecule has 0 saturated heterocycles. The van der Waals surface area contributed by atoms with Gasteiger partial charge in [-0.3, -0.25) is 9.89 Å². The smallest absolute Gasteiger partial charge is 0.255 e. The molecule has 1 heterocycles. The maximum Gasteiger partial charge on any atom is 0.255 e. The maximum absolute atomic E-state index is 12.8. The number of ether oxygens (including phenoxy) is 2. The summed E-state index contributed by atoms with van der Waals surface area (Å²) >= 11 is 0. The lowest BCUT2D eigenvalue weighted by Gasteiger charge is -2.17. The lowest BCUT2D eigenvalue weighted by molar-refractivity contribution is 0.0937. The van der Waals surface area contributed by atoms with Gasteiger partial charge in [0.05, 0.1) is 32.0 Å². The molecule has 0 spiro atoms. The minimum Gasteiger partial charge on any atom is -0.497 e. The standard InChI is InChI=1S/C21H20N4O3/c1-13(14-5-4-6-16(9-14)27-2)24-21(26)17-8-7-15(10-20(17)28-3)18-12-23-25-19(18)11-22/h4-10,12-13H,1-3H3,(H,23,25)(H,24,26). The van der Waals surface area contributed by atoms with Gasteiger partial charge in [0.1, 0.15) is 23.3 Å². The molecule has 1 aromatic heterocycles. The first-order chi connectivity index (χ1) is 13.6. The lowest BCUT2D eigenvalue weighted by Crippen LogP contribution is -2.27.